The van der Waals surface area contributed by atoms with Crippen LogP contribution in [-0.4, -0.2) is 18.9 Å². The Labute approximate surface area is 85.0 Å². The third-order valence-corrected chi connectivity index (χ3v) is 1.63. The molecule has 0 aromatic carbocycles. The van der Waals surface area contributed by atoms with Gasteiger partial charge in [0, 0.05) is 13.5 Å². The van der Waals surface area contributed by atoms with E-state index in [1.165, 1.54) is 7.05 Å². The first-order valence-corrected chi connectivity index (χ1v) is 4.84. The summed E-state index contributed by atoms with van der Waals surface area (Å²) in [6.07, 6.45) is 6.08. The van der Waals surface area contributed by atoms with Crippen molar-refractivity contribution in [3.63, 3.8) is 0 Å². The lowest BCUT2D eigenvalue weighted by atomic mass is 10.2. The molecule has 0 fully saturated rings. The van der Waals surface area contributed by atoms with Gasteiger partial charge in [0.05, 0.1) is 5.71 Å². The van der Waals surface area contributed by atoms with Gasteiger partial charge in [-0.1, -0.05) is 31.2 Å². The zero-order chi connectivity index (χ0) is 10.8. The molecule has 0 unspecified atom stereocenters. The number of oxime groups is 1. The van der Waals surface area contributed by atoms with Crippen molar-refractivity contribution in [1.29, 1.82) is 0 Å². The summed E-state index contributed by atoms with van der Waals surface area (Å²) in [6.45, 7) is 4.05. The number of carbonyl (C=O) groups excluding carboxylic acids is 1. The molecule has 0 aromatic rings. The Morgan fingerprint density at radius 3 is 2.64 bits per heavy atom. The average molecular weight is 198 g/mol. The summed E-state index contributed by atoms with van der Waals surface area (Å²) in [4.78, 5) is 15.3. The van der Waals surface area contributed by atoms with Crippen molar-refractivity contribution in [1.82, 2.24) is 5.32 Å². The minimum atomic E-state index is -0.532. The fourth-order valence-corrected chi connectivity index (χ4v) is 0.784. The Bertz CT molecular complexity index is 222. The van der Waals surface area contributed by atoms with E-state index in [1.807, 2.05) is 13.0 Å². The van der Waals surface area contributed by atoms with Crippen LogP contribution in [0.15, 0.2) is 17.3 Å². The lowest BCUT2D eigenvalue weighted by Crippen LogP contribution is -2.17. The average Bonchev–Trinajstić information content (AvgIpc) is 2.22. The van der Waals surface area contributed by atoms with E-state index in [0.717, 1.165) is 25.0 Å². The molecule has 0 rings (SSSR count). The van der Waals surface area contributed by atoms with Crippen LogP contribution in [0, 0.1) is 0 Å². The summed E-state index contributed by atoms with van der Waals surface area (Å²) in [5, 5.41) is 6.06. The van der Waals surface area contributed by atoms with Gasteiger partial charge in [-0.3, -0.25) is 4.84 Å². The molecule has 0 aliphatic carbocycles. The molecule has 0 aromatic heterocycles. The minimum Gasteiger partial charge on any atom is -0.323 e. The van der Waals surface area contributed by atoms with Crippen molar-refractivity contribution in [3.8, 4) is 0 Å². The van der Waals surface area contributed by atoms with Gasteiger partial charge in [0.2, 0.25) is 0 Å². The van der Waals surface area contributed by atoms with Crippen LogP contribution in [0.2, 0.25) is 0 Å². The Morgan fingerprint density at radius 1 is 1.43 bits per heavy atom. The van der Waals surface area contributed by atoms with Crippen LogP contribution in [0.1, 0.15) is 33.1 Å². The first-order valence-electron chi connectivity index (χ1n) is 4.84. The number of nitrogens with one attached hydrogen (secondary N) is 1. The smallest absolute Gasteiger partial charge is 0.323 e. The summed E-state index contributed by atoms with van der Waals surface area (Å²) < 4.78 is 0. The molecule has 0 atom stereocenters. The Balaban J connectivity index is 3.98. The third kappa shape index (κ3) is 6.22. The quantitative estimate of drug-likeness (QED) is 0.319. The zero-order valence-electron chi connectivity index (χ0n) is 9.04. The highest BCUT2D eigenvalue weighted by molar-refractivity contribution is 5.85. The van der Waals surface area contributed by atoms with E-state index in [4.69, 9.17) is 0 Å². The number of amides is 1. The maximum absolute atomic E-state index is 10.7. The predicted octanol–water partition coefficient (Wildman–Crippen LogP) is 2.46. The summed E-state index contributed by atoms with van der Waals surface area (Å²) >= 11 is 0. The maximum Gasteiger partial charge on any atom is 0.433 e. The summed E-state index contributed by atoms with van der Waals surface area (Å²) in [7, 11) is 1.50. The fourth-order valence-electron chi connectivity index (χ4n) is 0.784. The molecule has 0 aliphatic heterocycles. The molecule has 80 valence electrons. The molecule has 14 heavy (non-hydrogen) atoms. The molecule has 1 N–H and O–H groups in total. The van der Waals surface area contributed by atoms with Crippen molar-refractivity contribution < 1.29 is 9.63 Å². The Kier molecular flexibility index (Phi) is 7.50. The molecule has 1 amide bonds. The molecule has 0 heterocycles. The van der Waals surface area contributed by atoms with Crippen LogP contribution in [0.4, 0.5) is 4.79 Å². The maximum atomic E-state index is 10.7. The fraction of sp³-hybridized carbons (Fsp3) is 0.600. The Hall–Kier alpha value is -1.32. The second kappa shape index (κ2) is 8.29. The van der Waals surface area contributed by atoms with E-state index in [2.05, 4.69) is 28.3 Å². The highest BCUT2D eigenvalue weighted by atomic mass is 16.7. The van der Waals surface area contributed by atoms with E-state index >= 15 is 0 Å². The number of nitrogens with zero attached hydrogens (tertiary/aromatic N) is 1. The first-order chi connectivity index (χ1) is 6.74. The van der Waals surface area contributed by atoms with E-state index in [9.17, 15) is 4.79 Å². The molecular weight excluding hydrogens is 180 g/mol. The van der Waals surface area contributed by atoms with Gasteiger partial charge in [-0.15, -0.1) is 0 Å². The van der Waals surface area contributed by atoms with Crippen molar-refractivity contribution >= 4 is 11.8 Å². The normalized spacial score (nSPS) is 11.8. The molecule has 4 nitrogen and oxygen atoms in total. The number of hydrogen-bond donors (Lipinski definition) is 1. The van der Waals surface area contributed by atoms with Crippen molar-refractivity contribution in [2.75, 3.05) is 7.05 Å². The number of carbonyl (C=O) groups is 1. The predicted molar refractivity (Wildman–Crippen MR) is 57.3 cm³/mol. The van der Waals surface area contributed by atoms with Gasteiger partial charge < -0.3 is 5.32 Å². The number of allylic oxidation sites excluding steroid dienone is 2. The molecular formula is C10H18N2O2. The van der Waals surface area contributed by atoms with Crippen molar-refractivity contribution in [2.24, 2.45) is 5.16 Å². The van der Waals surface area contributed by atoms with Crippen LogP contribution < -0.4 is 5.32 Å². The van der Waals surface area contributed by atoms with Crippen molar-refractivity contribution in [2.45, 2.75) is 33.1 Å². The van der Waals surface area contributed by atoms with E-state index in [-0.39, 0.29) is 0 Å². The van der Waals surface area contributed by atoms with Gasteiger partial charge in [0.25, 0.3) is 0 Å². The van der Waals surface area contributed by atoms with Crippen LogP contribution in [0.25, 0.3) is 0 Å². The van der Waals surface area contributed by atoms with E-state index in [1.54, 1.807) is 0 Å². The van der Waals surface area contributed by atoms with Crippen LogP contribution >= 0.6 is 0 Å². The van der Waals surface area contributed by atoms with Gasteiger partial charge in [-0.05, 0) is 12.8 Å². The Morgan fingerprint density at radius 2 is 2.14 bits per heavy atom. The van der Waals surface area contributed by atoms with Gasteiger partial charge in [0.15, 0.2) is 0 Å². The van der Waals surface area contributed by atoms with Crippen LogP contribution in [0.5, 0.6) is 0 Å². The second-order valence-corrected chi connectivity index (χ2v) is 2.72. The molecule has 0 radical (unpaired) electrons. The topological polar surface area (TPSA) is 50.7 Å². The third-order valence-electron chi connectivity index (χ3n) is 1.63. The lowest BCUT2D eigenvalue weighted by molar-refractivity contribution is 0.152. The lowest BCUT2D eigenvalue weighted by Gasteiger charge is -1.99. The summed E-state index contributed by atoms with van der Waals surface area (Å²) in [5.41, 5.74) is 0.860. The molecule has 0 aliphatic rings. The molecule has 4 heteroatoms. The largest absolute Gasteiger partial charge is 0.433 e. The highest BCUT2D eigenvalue weighted by Crippen LogP contribution is 1.96. The molecule has 0 saturated heterocycles. The number of hydrogen-bond acceptors (Lipinski definition) is 3. The van der Waals surface area contributed by atoms with E-state index in [0.29, 0.717) is 0 Å². The minimum absolute atomic E-state index is 0.532. The van der Waals surface area contributed by atoms with E-state index < -0.39 is 6.09 Å². The van der Waals surface area contributed by atoms with Crippen molar-refractivity contribution in [3.05, 3.63) is 12.2 Å². The van der Waals surface area contributed by atoms with Gasteiger partial charge >= 0.3 is 6.09 Å². The second-order valence-electron chi connectivity index (χ2n) is 2.72. The monoisotopic (exact) mass is 198 g/mol. The summed E-state index contributed by atoms with van der Waals surface area (Å²) in [6, 6.07) is 0. The summed E-state index contributed by atoms with van der Waals surface area (Å²) in [5.74, 6) is 0. The zero-order valence-corrected chi connectivity index (χ0v) is 9.04. The SMILES string of the molecule is CC/C=C/C/C(CC)=N/OC(=O)NC. The molecule has 0 bridgehead atoms. The van der Waals surface area contributed by atoms with Gasteiger partial charge in [0.1, 0.15) is 0 Å². The standard InChI is InChI=1S/C10H18N2O2/c1-4-6-7-8-9(5-2)12-14-10(13)11-3/h6-7H,4-5,8H2,1-3H3,(H,11,13)/b7-6+,12-9+. The van der Waals surface area contributed by atoms with Gasteiger partial charge in [-0.25, -0.2) is 4.79 Å². The van der Waals surface area contributed by atoms with Crippen LogP contribution in [-0.2, 0) is 4.84 Å². The molecule has 0 saturated carbocycles. The number of rotatable bonds is 5. The highest BCUT2D eigenvalue weighted by Gasteiger charge is 1.98. The first kappa shape index (κ1) is 12.7. The van der Waals surface area contributed by atoms with Crippen LogP contribution in [0.3, 0.4) is 0 Å². The molecule has 0 spiro atoms. The van der Waals surface area contributed by atoms with Gasteiger partial charge in [-0.2, -0.15) is 0 Å².